The van der Waals surface area contributed by atoms with E-state index in [-0.39, 0.29) is 30.3 Å². The number of aryl methyl sites for hydroxylation is 1. The fourth-order valence-corrected chi connectivity index (χ4v) is 4.55. The van der Waals surface area contributed by atoms with Crippen LogP contribution in [0.25, 0.3) is 11.0 Å². The van der Waals surface area contributed by atoms with Gasteiger partial charge in [0.15, 0.2) is 0 Å². The summed E-state index contributed by atoms with van der Waals surface area (Å²) in [5.74, 6) is 0.946. The highest BCUT2D eigenvalue weighted by Crippen LogP contribution is 2.35. The maximum absolute atomic E-state index is 13.2. The van der Waals surface area contributed by atoms with Crippen molar-refractivity contribution >= 4 is 22.8 Å². The number of benzene rings is 1. The summed E-state index contributed by atoms with van der Waals surface area (Å²) in [7, 11) is 2.04. The molecule has 144 valence electrons. The fourth-order valence-electron chi connectivity index (χ4n) is 4.55. The third-order valence-electron chi connectivity index (χ3n) is 5.97. The molecule has 2 aliphatic heterocycles. The predicted molar refractivity (Wildman–Crippen MR) is 103 cm³/mol. The summed E-state index contributed by atoms with van der Waals surface area (Å²) >= 11 is 0. The van der Waals surface area contributed by atoms with E-state index in [9.17, 15) is 9.59 Å². The molecule has 2 aromatic rings. The summed E-state index contributed by atoms with van der Waals surface area (Å²) in [4.78, 5) is 33.2. The van der Waals surface area contributed by atoms with Crippen molar-refractivity contribution in [1.82, 2.24) is 19.4 Å². The van der Waals surface area contributed by atoms with Gasteiger partial charge in [0.1, 0.15) is 5.82 Å². The number of carbonyl (C=O) groups excluding carboxylic acids is 2. The molecule has 4 rings (SSSR count). The van der Waals surface area contributed by atoms with E-state index >= 15 is 0 Å². The minimum Gasteiger partial charge on any atom is -0.369 e. The Bertz CT molecular complexity index is 853. The van der Waals surface area contributed by atoms with Crippen LogP contribution < -0.4 is 5.73 Å². The third-order valence-corrected chi connectivity index (χ3v) is 5.97. The van der Waals surface area contributed by atoms with Crippen molar-refractivity contribution in [3.8, 4) is 0 Å². The van der Waals surface area contributed by atoms with Crippen LogP contribution >= 0.6 is 0 Å². The van der Waals surface area contributed by atoms with E-state index in [0.29, 0.717) is 0 Å². The molecular weight excluding hydrogens is 342 g/mol. The second-order valence-corrected chi connectivity index (χ2v) is 7.72. The largest absolute Gasteiger partial charge is 0.369 e. The van der Waals surface area contributed by atoms with Gasteiger partial charge in [0.2, 0.25) is 11.8 Å². The Labute approximate surface area is 159 Å². The monoisotopic (exact) mass is 369 g/mol. The number of nitrogens with zero attached hydrogens (tertiary/aromatic N) is 4. The quantitative estimate of drug-likeness (QED) is 0.884. The number of imidazole rings is 1. The molecule has 1 aromatic heterocycles. The lowest BCUT2D eigenvalue weighted by Gasteiger charge is -2.34. The smallest absolute Gasteiger partial charge is 0.231 e. The van der Waals surface area contributed by atoms with E-state index in [1.807, 2.05) is 35.0 Å². The van der Waals surface area contributed by atoms with Crippen LogP contribution in [0.1, 0.15) is 37.5 Å². The third kappa shape index (κ3) is 3.43. The standard InChI is InChI=1S/C20H27N5O2/c1-23-16-6-3-2-5-15(16)22-19(23)17-7-4-10-25(17)20(27)14-8-11-24(12-9-14)13-18(21)26/h2-3,5-6,14,17H,4,7-13H2,1H3,(H2,21,26)/t17-/m1/s1. The molecule has 3 heterocycles. The number of aromatic nitrogens is 2. The van der Waals surface area contributed by atoms with E-state index in [2.05, 4.69) is 10.6 Å². The molecule has 0 bridgehead atoms. The first-order valence-electron chi connectivity index (χ1n) is 9.77. The first-order chi connectivity index (χ1) is 13.0. The molecule has 0 unspecified atom stereocenters. The number of hydrogen-bond donors (Lipinski definition) is 1. The van der Waals surface area contributed by atoms with Crippen LogP contribution in [0.15, 0.2) is 24.3 Å². The van der Waals surface area contributed by atoms with Crippen LogP contribution in [0.2, 0.25) is 0 Å². The highest BCUT2D eigenvalue weighted by Gasteiger charge is 2.37. The van der Waals surface area contributed by atoms with Gasteiger partial charge in [-0.25, -0.2) is 4.98 Å². The van der Waals surface area contributed by atoms with Crippen molar-refractivity contribution < 1.29 is 9.59 Å². The summed E-state index contributed by atoms with van der Waals surface area (Å²) in [6, 6.07) is 8.16. The average Bonchev–Trinajstić information content (AvgIpc) is 3.26. The van der Waals surface area contributed by atoms with Gasteiger partial charge in [0.25, 0.3) is 0 Å². The SMILES string of the molecule is Cn1c([C@H]2CCCN2C(=O)C2CCN(CC(N)=O)CC2)nc2ccccc21. The summed E-state index contributed by atoms with van der Waals surface area (Å²) < 4.78 is 2.13. The van der Waals surface area contributed by atoms with Crippen molar-refractivity contribution in [3.05, 3.63) is 30.1 Å². The van der Waals surface area contributed by atoms with Crippen LogP contribution in [-0.4, -0.2) is 57.3 Å². The summed E-state index contributed by atoms with van der Waals surface area (Å²) in [5, 5.41) is 0. The van der Waals surface area contributed by atoms with Crippen molar-refractivity contribution in [2.24, 2.45) is 18.7 Å². The first-order valence-corrected chi connectivity index (χ1v) is 9.77. The highest BCUT2D eigenvalue weighted by molar-refractivity contribution is 5.80. The molecule has 2 aliphatic rings. The van der Waals surface area contributed by atoms with E-state index in [1.54, 1.807) is 0 Å². The molecule has 27 heavy (non-hydrogen) atoms. The van der Waals surface area contributed by atoms with Gasteiger partial charge in [-0.05, 0) is 50.9 Å². The lowest BCUT2D eigenvalue weighted by Crippen LogP contribution is -2.44. The lowest BCUT2D eigenvalue weighted by molar-refractivity contribution is -0.138. The maximum Gasteiger partial charge on any atom is 0.231 e. The van der Waals surface area contributed by atoms with Gasteiger partial charge in [-0.3, -0.25) is 14.5 Å². The van der Waals surface area contributed by atoms with Gasteiger partial charge >= 0.3 is 0 Å². The van der Waals surface area contributed by atoms with Crippen LogP contribution in [-0.2, 0) is 16.6 Å². The molecule has 7 nitrogen and oxygen atoms in total. The minimum absolute atomic E-state index is 0.0319. The molecule has 0 radical (unpaired) electrons. The molecule has 1 atom stereocenters. The normalized spacial score (nSPS) is 21.8. The van der Waals surface area contributed by atoms with E-state index in [1.165, 1.54) is 0 Å². The molecule has 2 fully saturated rings. The van der Waals surface area contributed by atoms with E-state index < -0.39 is 0 Å². The Morgan fingerprint density at radius 1 is 1.15 bits per heavy atom. The van der Waals surface area contributed by atoms with Crippen LogP contribution in [0, 0.1) is 5.92 Å². The minimum atomic E-state index is -0.304. The zero-order chi connectivity index (χ0) is 19.0. The number of likely N-dealkylation sites (tertiary alicyclic amines) is 2. The van der Waals surface area contributed by atoms with Crippen LogP contribution in [0.5, 0.6) is 0 Å². The van der Waals surface area contributed by atoms with Gasteiger partial charge in [-0.2, -0.15) is 0 Å². The first kappa shape index (κ1) is 18.0. The van der Waals surface area contributed by atoms with Gasteiger partial charge in [-0.15, -0.1) is 0 Å². The van der Waals surface area contributed by atoms with E-state index in [4.69, 9.17) is 10.7 Å². The average molecular weight is 369 g/mol. The number of hydrogen-bond acceptors (Lipinski definition) is 4. The summed E-state index contributed by atoms with van der Waals surface area (Å²) in [6.45, 7) is 2.59. The van der Waals surface area contributed by atoms with Gasteiger partial charge in [0.05, 0.1) is 23.6 Å². The number of primary amides is 1. The molecule has 2 saturated heterocycles. The number of piperidine rings is 1. The van der Waals surface area contributed by atoms with Gasteiger partial charge in [0, 0.05) is 19.5 Å². The van der Waals surface area contributed by atoms with Crippen LogP contribution in [0.4, 0.5) is 0 Å². The molecule has 7 heteroatoms. The zero-order valence-electron chi connectivity index (χ0n) is 15.8. The second-order valence-electron chi connectivity index (χ2n) is 7.72. The Kier molecular flexibility index (Phi) is 4.86. The predicted octanol–water partition coefficient (Wildman–Crippen LogP) is 1.43. The molecular formula is C20H27N5O2. The van der Waals surface area contributed by atoms with Crippen molar-refractivity contribution in [2.75, 3.05) is 26.2 Å². The number of carbonyl (C=O) groups is 2. The van der Waals surface area contributed by atoms with Gasteiger partial charge < -0.3 is 15.2 Å². The highest BCUT2D eigenvalue weighted by atomic mass is 16.2. The molecule has 0 aliphatic carbocycles. The topological polar surface area (TPSA) is 84.5 Å². The Morgan fingerprint density at radius 3 is 2.59 bits per heavy atom. The number of rotatable bonds is 4. The van der Waals surface area contributed by atoms with Crippen molar-refractivity contribution in [3.63, 3.8) is 0 Å². The molecule has 0 spiro atoms. The molecule has 2 N–H and O–H groups in total. The molecule has 1 aromatic carbocycles. The fraction of sp³-hybridized carbons (Fsp3) is 0.550. The molecule has 0 saturated carbocycles. The number of fused-ring (bicyclic) bond motifs is 1. The molecule has 2 amide bonds. The number of nitrogens with two attached hydrogens (primary N) is 1. The summed E-state index contributed by atoms with van der Waals surface area (Å²) in [6.07, 6.45) is 3.55. The number of para-hydroxylation sites is 2. The van der Waals surface area contributed by atoms with Crippen molar-refractivity contribution in [1.29, 1.82) is 0 Å². The Balaban J connectivity index is 1.49. The lowest BCUT2D eigenvalue weighted by atomic mass is 9.95. The van der Waals surface area contributed by atoms with Crippen LogP contribution in [0.3, 0.4) is 0 Å². The van der Waals surface area contributed by atoms with E-state index in [0.717, 1.165) is 62.2 Å². The second kappa shape index (κ2) is 7.31. The Morgan fingerprint density at radius 2 is 1.89 bits per heavy atom. The maximum atomic E-state index is 13.2. The summed E-state index contributed by atoms with van der Waals surface area (Å²) in [5.41, 5.74) is 7.36. The van der Waals surface area contributed by atoms with Crippen molar-refractivity contribution in [2.45, 2.75) is 31.7 Å². The number of amides is 2. The zero-order valence-corrected chi connectivity index (χ0v) is 15.8. The van der Waals surface area contributed by atoms with Gasteiger partial charge in [-0.1, -0.05) is 12.1 Å². The Hall–Kier alpha value is -2.41.